The number of hydrogen-bond acceptors (Lipinski definition) is 3. The van der Waals surface area contributed by atoms with E-state index in [1.807, 2.05) is 28.6 Å². The van der Waals surface area contributed by atoms with Crippen molar-refractivity contribution in [2.45, 2.75) is 120 Å². The van der Waals surface area contributed by atoms with Crippen LogP contribution in [-0.4, -0.2) is 43.3 Å². The lowest BCUT2D eigenvalue weighted by molar-refractivity contribution is 0.0664. The van der Waals surface area contributed by atoms with Crippen molar-refractivity contribution in [3.63, 3.8) is 0 Å². The van der Waals surface area contributed by atoms with Gasteiger partial charge < -0.3 is 0 Å². The number of benzene rings is 4. The molecule has 5 heteroatoms. The second-order valence-corrected chi connectivity index (χ2v) is 16.5. The highest BCUT2D eigenvalue weighted by molar-refractivity contribution is 7.89. The second-order valence-electron chi connectivity index (χ2n) is 14.6. The molecule has 0 amide bonds. The predicted molar refractivity (Wildman–Crippen MR) is 210 cm³/mol. The van der Waals surface area contributed by atoms with Crippen LogP contribution in [0.3, 0.4) is 0 Å². The zero-order valence-electron chi connectivity index (χ0n) is 30.9. The Morgan fingerprint density at radius 3 is 1.48 bits per heavy atom. The number of unbranched alkanes of at least 4 members (excludes halogenated alkanes) is 10. The molecule has 0 radical (unpaired) electrons. The smallest absolute Gasteiger partial charge is 0.243 e. The molecule has 0 saturated carbocycles. The lowest BCUT2D eigenvalue weighted by atomic mass is 9.75. The summed E-state index contributed by atoms with van der Waals surface area (Å²) in [6, 6.07) is 39.9. The minimum atomic E-state index is -3.67. The summed E-state index contributed by atoms with van der Waals surface area (Å²) in [7, 11) is -3.67. The fourth-order valence-corrected chi connectivity index (χ4v) is 9.62. The molecule has 1 saturated heterocycles. The van der Waals surface area contributed by atoms with Crippen LogP contribution in [0.25, 0.3) is 0 Å². The van der Waals surface area contributed by atoms with Gasteiger partial charge in [-0.05, 0) is 46.7 Å². The van der Waals surface area contributed by atoms with Gasteiger partial charge in [-0.15, -0.1) is 0 Å². The van der Waals surface area contributed by atoms with E-state index in [0.717, 1.165) is 24.8 Å². The maximum absolute atomic E-state index is 14.5. The first kappa shape index (κ1) is 38.0. The number of sulfonamides is 1. The van der Waals surface area contributed by atoms with Crippen LogP contribution < -0.4 is 0 Å². The summed E-state index contributed by atoms with van der Waals surface area (Å²) in [5.41, 5.74) is 4.20. The van der Waals surface area contributed by atoms with E-state index in [9.17, 15) is 8.42 Å². The molecule has 4 aromatic rings. The molecular formula is C45H60N2O2S. The number of piperazine rings is 1. The molecule has 0 N–H and O–H groups in total. The van der Waals surface area contributed by atoms with Gasteiger partial charge >= 0.3 is 0 Å². The third-order valence-corrected chi connectivity index (χ3v) is 12.7. The van der Waals surface area contributed by atoms with Crippen LogP contribution in [0.2, 0.25) is 0 Å². The topological polar surface area (TPSA) is 40.6 Å². The first-order valence-corrected chi connectivity index (χ1v) is 20.9. The highest BCUT2D eigenvalue weighted by atomic mass is 32.2. The van der Waals surface area contributed by atoms with Crippen LogP contribution in [0.4, 0.5) is 0 Å². The Labute approximate surface area is 304 Å². The third kappa shape index (κ3) is 9.15. The predicted octanol–water partition coefficient (Wildman–Crippen LogP) is 11.2. The Bertz CT molecular complexity index is 1540. The Kier molecular flexibility index (Phi) is 14.3. The molecule has 1 heterocycles. The van der Waals surface area contributed by atoms with E-state index in [1.165, 1.54) is 74.5 Å². The molecule has 4 nitrogen and oxygen atoms in total. The standard InChI is InChI=1S/C45H60N2O2S/c1-4-5-6-7-8-9-10-11-12-13-23-30-43-37-46(35-36-47(43)50(48,49)44-33-31-39(32-34-44)38(2)3)45(40-24-17-14-18-25-40,41-26-19-15-20-27-41)42-28-21-16-22-29-42/h14-22,24-29,31-34,38,43H,4-13,23,30,35-37H2,1-3H3. The number of hydrogen-bond donors (Lipinski definition) is 0. The van der Waals surface area contributed by atoms with Crippen molar-refractivity contribution in [2.75, 3.05) is 19.6 Å². The SMILES string of the molecule is CCCCCCCCCCCCCC1CN(C(c2ccccc2)(c2ccccc2)c2ccccc2)CCN1S(=O)(=O)c1ccc(C(C)C)cc1. The van der Waals surface area contributed by atoms with Crippen molar-refractivity contribution in [2.24, 2.45) is 0 Å². The lowest BCUT2D eigenvalue weighted by Crippen LogP contribution is -2.61. The van der Waals surface area contributed by atoms with E-state index in [1.54, 1.807) is 0 Å². The Hall–Kier alpha value is -3.25. The largest absolute Gasteiger partial charge is 0.283 e. The second kappa shape index (κ2) is 18.8. The molecule has 268 valence electrons. The average Bonchev–Trinajstić information content (AvgIpc) is 3.15. The fraction of sp³-hybridized carbons (Fsp3) is 0.467. The molecule has 0 aromatic heterocycles. The molecule has 1 atom stereocenters. The summed E-state index contributed by atoms with van der Waals surface area (Å²) < 4.78 is 30.8. The van der Waals surface area contributed by atoms with E-state index < -0.39 is 15.6 Å². The van der Waals surface area contributed by atoms with Crippen LogP contribution in [0.15, 0.2) is 120 Å². The van der Waals surface area contributed by atoms with Crippen molar-refractivity contribution < 1.29 is 8.42 Å². The van der Waals surface area contributed by atoms with Gasteiger partial charge in [0.05, 0.1) is 10.4 Å². The monoisotopic (exact) mass is 692 g/mol. The first-order valence-electron chi connectivity index (χ1n) is 19.4. The van der Waals surface area contributed by atoms with Gasteiger partial charge in [-0.25, -0.2) is 8.42 Å². The summed E-state index contributed by atoms with van der Waals surface area (Å²) in [4.78, 5) is 2.98. The molecule has 0 spiro atoms. The number of rotatable bonds is 19. The highest BCUT2D eigenvalue weighted by Crippen LogP contribution is 2.44. The molecule has 1 aliphatic heterocycles. The van der Waals surface area contributed by atoms with Crippen molar-refractivity contribution in [1.82, 2.24) is 9.21 Å². The minimum Gasteiger partial charge on any atom is -0.283 e. The van der Waals surface area contributed by atoms with Gasteiger partial charge in [0.25, 0.3) is 0 Å². The fourth-order valence-electron chi connectivity index (χ4n) is 7.98. The van der Waals surface area contributed by atoms with Gasteiger partial charge in [0.2, 0.25) is 10.0 Å². The summed E-state index contributed by atoms with van der Waals surface area (Å²) in [6.07, 6.45) is 14.9. The van der Waals surface area contributed by atoms with Gasteiger partial charge in [-0.3, -0.25) is 4.90 Å². The van der Waals surface area contributed by atoms with Crippen molar-refractivity contribution in [3.8, 4) is 0 Å². The molecule has 0 bridgehead atoms. The molecule has 1 fully saturated rings. The maximum atomic E-state index is 14.5. The van der Waals surface area contributed by atoms with Gasteiger partial charge in [-0.2, -0.15) is 4.31 Å². The Morgan fingerprint density at radius 1 is 0.600 bits per heavy atom. The van der Waals surface area contributed by atoms with E-state index in [4.69, 9.17) is 0 Å². The zero-order valence-corrected chi connectivity index (χ0v) is 31.7. The van der Waals surface area contributed by atoms with Gasteiger partial charge in [0.15, 0.2) is 0 Å². The molecule has 1 unspecified atom stereocenters. The summed E-state index contributed by atoms with van der Waals surface area (Å²) in [5, 5.41) is 0. The van der Waals surface area contributed by atoms with Crippen molar-refractivity contribution in [1.29, 1.82) is 0 Å². The molecule has 50 heavy (non-hydrogen) atoms. The van der Waals surface area contributed by atoms with Crippen molar-refractivity contribution >= 4 is 10.0 Å². The number of nitrogens with zero attached hydrogens (tertiary/aromatic N) is 2. The molecule has 1 aliphatic rings. The lowest BCUT2D eigenvalue weighted by Gasteiger charge is -2.51. The molecule has 0 aliphatic carbocycles. The van der Waals surface area contributed by atoms with Gasteiger partial charge in [0, 0.05) is 25.7 Å². The molecule has 5 rings (SSSR count). The average molecular weight is 693 g/mol. The van der Waals surface area contributed by atoms with E-state index >= 15 is 0 Å². The quantitative estimate of drug-likeness (QED) is 0.0725. The van der Waals surface area contributed by atoms with Gasteiger partial charge in [0.1, 0.15) is 0 Å². The zero-order chi connectivity index (χ0) is 35.2. The van der Waals surface area contributed by atoms with Gasteiger partial charge in [-0.1, -0.05) is 195 Å². The van der Waals surface area contributed by atoms with Crippen molar-refractivity contribution in [3.05, 3.63) is 138 Å². The van der Waals surface area contributed by atoms with Crippen LogP contribution in [0.1, 0.15) is 126 Å². The summed E-state index contributed by atoms with van der Waals surface area (Å²) in [6.45, 7) is 8.28. The highest BCUT2D eigenvalue weighted by Gasteiger charge is 2.47. The normalized spacial score (nSPS) is 16.2. The molecular weight excluding hydrogens is 633 g/mol. The maximum Gasteiger partial charge on any atom is 0.243 e. The molecule has 4 aromatic carbocycles. The van der Waals surface area contributed by atoms with E-state index in [0.29, 0.717) is 30.4 Å². The summed E-state index contributed by atoms with van der Waals surface area (Å²) in [5.74, 6) is 0.353. The van der Waals surface area contributed by atoms with E-state index in [-0.39, 0.29) is 6.04 Å². The van der Waals surface area contributed by atoms with Crippen LogP contribution in [0, 0.1) is 0 Å². The third-order valence-electron chi connectivity index (χ3n) is 10.8. The first-order chi connectivity index (χ1) is 24.4. The minimum absolute atomic E-state index is 0.132. The van der Waals surface area contributed by atoms with Crippen LogP contribution in [-0.2, 0) is 15.6 Å². The Balaban J connectivity index is 1.42. The summed E-state index contributed by atoms with van der Waals surface area (Å²) >= 11 is 0. The Morgan fingerprint density at radius 2 is 1.04 bits per heavy atom. The van der Waals surface area contributed by atoms with E-state index in [2.05, 4.69) is 117 Å². The van der Waals surface area contributed by atoms with Crippen LogP contribution in [0.5, 0.6) is 0 Å². The van der Waals surface area contributed by atoms with Crippen LogP contribution >= 0.6 is 0 Å².